The molecular weight excluding hydrogens is 434 g/mol. The standard InChI is InChI=1S/C22H18ClN5O4/c1-27(12-13-5-4-8-24-11-13)21(31)15-9-14(18(29)10-19(15)30)20-25-26-22(32)28(20)17-7-3-2-6-16(17)23/h2-11,29-30H,12H2,1H3,(H,26,32). The number of hydrogen-bond donors (Lipinski definition) is 3. The Morgan fingerprint density at radius 1 is 1.16 bits per heavy atom. The molecule has 9 nitrogen and oxygen atoms in total. The highest BCUT2D eigenvalue weighted by Gasteiger charge is 2.23. The van der Waals surface area contributed by atoms with Crippen LogP contribution >= 0.6 is 11.6 Å². The van der Waals surface area contributed by atoms with Gasteiger partial charge in [0.05, 0.1) is 21.8 Å². The van der Waals surface area contributed by atoms with E-state index in [9.17, 15) is 19.8 Å². The number of carbonyl (C=O) groups excluding carboxylic acids is 1. The Kier molecular flexibility index (Phi) is 5.65. The number of nitrogens with one attached hydrogen (secondary N) is 1. The van der Waals surface area contributed by atoms with Crippen molar-refractivity contribution in [3.05, 3.63) is 87.6 Å². The zero-order valence-electron chi connectivity index (χ0n) is 16.9. The highest BCUT2D eigenvalue weighted by molar-refractivity contribution is 6.32. The second-order valence-electron chi connectivity index (χ2n) is 7.05. The normalized spacial score (nSPS) is 10.8. The van der Waals surface area contributed by atoms with Crippen LogP contribution in [-0.2, 0) is 6.54 Å². The predicted molar refractivity (Wildman–Crippen MR) is 118 cm³/mol. The Balaban J connectivity index is 1.77. The summed E-state index contributed by atoms with van der Waals surface area (Å²) in [5, 5.41) is 27.4. The first-order valence-corrected chi connectivity index (χ1v) is 9.87. The van der Waals surface area contributed by atoms with Crippen LogP contribution in [-0.4, -0.2) is 47.8 Å². The lowest BCUT2D eigenvalue weighted by Gasteiger charge is -2.19. The highest BCUT2D eigenvalue weighted by Crippen LogP contribution is 2.35. The molecule has 0 aliphatic rings. The van der Waals surface area contributed by atoms with Gasteiger partial charge in [-0.25, -0.2) is 14.5 Å². The minimum Gasteiger partial charge on any atom is -0.507 e. The van der Waals surface area contributed by atoms with Gasteiger partial charge in [0.2, 0.25) is 0 Å². The Bertz CT molecular complexity index is 1350. The molecule has 0 spiro atoms. The summed E-state index contributed by atoms with van der Waals surface area (Å²) in [6, 6.07) is 12.5. The van der Waals surface area contributed by atoms with E-state index in [0.29, 0.717) is 10.7 Å². The molecule has 0 bridgehead atoms. The Hall–Kier alpha value is -4.11. The average Bonchev–Trinajstić information content (AvgIpc) is 3.15. The van der Waals surface area contributed by atoms with Crippen LogP contribution in [0.5, 0.6) is 11.5 Å². The molecule has 3 N–H and O–H groups in total. The molecule has 162 valence electrons. The number of aromatic amines is 1. The van der Waals surface area contributed by atoms with Gasteiger partial charge in [0, 0.05) is 32.1 Å². The van der Waals surface area contributed by atoms with Gasteiger partial charge in [-0.15, -0.1) is 0 Å². The number of carbonyl (C=O) groups is 1. The first kappa shape index (κ1) is 21.1. The molecule has 0 saturated heterocycles. The third-order valence-corrected chi connectivity index (χ3v) is 5.16. The second-order valence-corrected chi connectivity index (χ2v) is 7.46. The summed E-state index contributed by atoms with van der Waals surface area (Å²) in [5.41, 5.74) is 0.574. The number of H-pyrrole nitrogens is 1. The van der Waals surface area contributed by atoms with E-state index in [2.05, 4.69) is 15.2 Å². The molecule has 0 atom stereocenters. The monoisotopic (exact) mass is 451 g/mol. The molecule has 2 aromatic carbocycles. The van der Waals surface area contributed by atoms with Crippen molar-refractivity contribution in [2.45, 2.75) is 6.54 Å². The molecule has 1 amide bonds. The second kappa shape index (κ2) is 8.56. The van der Waals surface area contributed by atoms with Gasteiger partial charge < -0.3 is 15.1 Å². The Labute approximate surface area is 187 Å². The quantitative estimate of drug-likeness (QED) is 0.428. The third-order valence-electron chi connectivity index (χ3n) is 4.84. The number of amides is 1. The minimum absolute atomic E-state index is 0.0320. The van der Waals surface area contributed by atoms with Crippen LogP contribution in [0.15, 0.2) is 65.7 Å². The summed E-state index contributed by atoms with van der Waals surface area (Å²) < 4.78 is 1.18. The van der Waals surface area contributed by atoms with Gasteiger partial charge in [0.15, 0.2) is 5.82 Å². The maximum Gasteiger partial charge on any atom is 0.348 e. The fraction of sp³-hybridized carbons (Fsp3) is 0.0909. The molecule has 2 heterocycles. The number of hydrogen-bond acceptors (Lipinski definition) is 6. The third kappa shape index (κ3) is 3.93. The van der Waals surface area contributed by atoms with Crippen molar-refractivity contribution in [3.8, 4) is 28.6 Å². The van der Waals surface area contributed by atoms with E-state index in [1.807, 2.05) is 6.07 Å². The molecule has 0 unspecified atom stereocenters. The summed E-state index contributed by atoms with van der Waals surface area (Å²) in [4.78, 5) is 30.9. The van der Waals surface area contributed by atoms with Gasteiger partial charge in [0.25, 0.3) is 5.91 Å². The molecular formula is C22H18ClN5O4. The van der Waals surface area contributed by atoms with E-state index in [1.165, 1.54) is 15.5 Å². The molecule has 0 aliphatic carbocycles. The Morgan fingerprint density at radius 3 is 2.66 bits per heavy atom. The summed E-state index contributed by atoms with van der Waals surface area (Å²) in [7, 11) is 1.58. The minimum atomic E-state index is -0.581. The van der Waals surface area contributed by atoms with Crippen molar-refractivity contribution in [3.63, 3.8) is 0 Å². The van der Waals surface area contributed by atoms with E-state index in [-0.39, 0.29) is 29.2 Å². The molecule has 0 saturated carbocycles. The van der Waals surface area contributed by atoms with Gasteiger partial charge in [-0.2, -0.15) is 5.10 Å². The van der Waals surface area contributed by atoms with Gasteiger partial charge in [-0.1, -0.05) is 29.8 Å². The van der Waals surface area contributed by atoms with Gasteiger partial charge >= 0.3 is 5.69 Å². The number of halogens is 1. The van der Waals surface area contributed by atoms with Crippen LogP contribution in [0.25, 0.3) is 17.1 Å². The van der Waals surface area contributed by atoms with E-state index in [0.717, 1.165) is 11.6 Å². The number of phenolic OH excluding ortho intramolecular Hbond substituents is 2. The van der Waals surface area contributed by atoms with Crippen molar-refractivity contribution in [1.82, 2.24) is 24.6 Å². The number of aromatic nitrogens is 4. The Morgan fingerprint density at radius 2 is 1.94 bits per heavy atom. The van der Waals surface area contributed by atoms with Crippen LogP contribution in [0.1, 0.15) is 15.9 Å². The van der Waals surface area contributed by atoms with Crippen LogP contribution < -0.4 is 5.69 Å². The SMILES string of the molecule is CN(Cc1cccnc1)C(=O)c1cc(-c2n[nH]c(=O)n2-c2ccccc2Cl)c(O)cc1O. The fourth-order valence-electron chi connectivity index (χ4n) is 3.30. The average molecular weight is 452 g/mol. The first-order chi connectivity index (χ1) is 15.4. The smallest absolute Gasteiger partial charge is 0.348 e. The van der Waals surface area contributed by atoms with Crippen LogP contribution in [0.2, 0.25) is 5.02 Å². The number of phenols is 2. The highest BCUT2D eigenvalue weighted by atomic mass is 35.5. The number of aromatic hydroxyl groups is 2. The maximum atomic E-state index is 13.0. The van der Waals surface area contributed by atoms with E-state index < -0.39 is 17.3 Å². The molecule has 0 aliphatic heterocycles. The van der Waals surface area contributed by atoms with Crippen molar-refractivity contribution < 1.29 is 15.0 Å². The fourth-order valence-corrected chi connectivity index (χ4v) is 3.53. The van der Waals surface area contributed by atoms with Gasteiger partial charge in [-0.05, 0) is 29.8 Å². The largest absolute Gasteiger partial charge is 0.507 e. The van der Waals surface area contributed by atoms with Gasteiger partial charge in [-0.3, -0.25) is 9.78 Å². The molecule has 0 fully saturated rings. The lowest BCUT2D eigenvalue weighted by atomic mass is 10.1. The summed E-state index contributed by atoms with van der Waals surface area (Å²) in [6.45, 7) is 0.259. The van der Waals surface area contributed by atoms with Gasteiger partial charge in [0.1, 0.15) is 11.5 Å². The zero-order chi connectivity index (χ0) is 22.8. The number of para-hydroxylation sites is 1. The zero-order valence-corrected chi connectivity index (χ0v) is 17.6. The number of rotatable bonds is 5. The molecule has 2 aromatic heterocycles. The summed E-state index contributed by atoms with van der Waals surface area (Å²) in [5.74, 6) is -1.22. The molecule has 10 heteroatoms. The van der Waals surface area contributed by atoms with Crippen molar-refractivity contribution in [1.29, 1.82) is 0 Å². The van der Waals surface area contributed by atoms with E-state index >= 15 is 0 Å². The number of pyridine rings is 1. The van der Waals surface area contributed by atoms with E-state index in [1.54, 1.807) is 49.8 Å². The lowest BCUT2D eigenvalue weighted by Crippen LogP contribution is -2.26. The summed E-state index contributed by atoms with van der Waals surface area (Å²) in [6.07, 6.45) is 3.27. The van der Waals surface area contributed by atoms with Crippen LogP contribution in [0, 0.1) is 0 Å². The summed E-state index contributed by atoms with van der Waals surface area (Å²) >= 11 is 6.24. The topological polar surface area (TPSA) is 124 Å². The van der Waals surface area contributed by atoms with Crippen molar-refractivity contribution in [2.24, 2.45) is 0 Å². The van der Waals surface area contributed by atoms with Crippen molar-refractivity contribution in [2.75, 3.05) is 7.05 Å². The van der Waals surface area contributed by atoms with Crippen LogP contribution in [0.4, 0.5) is 0 Å². The molecule has 0 radical (unpaired) electrons. The lowest BCUT2D eigenvalue weighted by molar-refractivity contribution is 0.0782. The number of nitrogens with zero attached hydrogens (tertiary/aromatic N) is 4. The number of benzene rings is 2. The maximum absolute atomic E-state index is 13.0. The van der Waals surface area contributed by atoms with Crippen molar-refractivity contribution >= 4 is 17.5 Å². The van der Waals surface area contributed by atoms with Crippen LogP contribution in [0.3, 0.4) is 0 Å². The molecule has 4 rings (SSSR count). The predicted octanol–water partition coefficient (Wildman–Crippen LogP) is 2.96. The molecule has 32 heavy (non-hydrogen) atoms. The van der Waals surface area contributed by atoms with E-state index in [4.69, 9.17) is 11.6 Å². The first-order valence-electron chi connectivity index (χ1n) is 9.50. The molecule has 4 aromatic rings.